The Morgan fingerprint density at radius 1 is 1.32 bits per heavy atom. The number of rotatable bonds is 4. The lowest BCUT2D eigenvalue weighted by Crippen LogP contribution is -2.13. The summed E-state index contributed by atoms with van der Waals surface area (Å²) in [6.07, 6.45) is 0. The summed E-state index contributed by atoms with van der Waals surface area (Å²) in [6, 6.07) is 12.3. The van der Waals surface area contributed by atoms with E-state index in [9.17, 15) is 0 Å². The number of benzene rings is 1. The Bertz CT molecular complexity index is 593. The molecule has 1 aromatic heterocycles. The molecule has 0 amide bonds. The Balaban J connectivity index is 2.02. The summed E-state index contributed by atoms with van der Waals surface area (Å²) in [4.78, 5) is 1.20. The van der Waals surface area contributed by atoms with Crippen molar-refractivity contribution in [2.45, 2.75) is 25.8 Å². The van der Waals surface area contributed by atoms with Gasteiger partial charge in [-0.1, -0.05) is 23.7 Å². The zero-order valence-corrected chi connectivity index (χ0v) is 12.5. The number of thiophene rings is 1. The second-order valence-corrected chi connectivity index (χ2v) is 6.33. The van der Waals surface area contributed by atoms with Gasteiger partial charge in [0.25, 0.3) is 0 Å². The van der Waals surface area contributed by atoms with Crippen molar-refractivity contribution in [2.24, 2.45) is 0 Å². The van der Waals surface area contributed by atoms with Gasteiger partial charge in [-0.05, 0) is 37.6 Å². The Hall–Kier alpha value is -1.50. The molecule has 0 saturated heterocycles. The third-order valence-corrected chi connectivity index (χ3v) is 4.26. The van der Waals surface area contributed by atoms with Crippen LogP contribution in [0.1, 0.15) is 24.3 Å². The first-order valence-electron chi connectivity index (χ1n) is 6.00. The van der Waals surface area contributed by atoms with E-state index in [-0.39, 0.29) is 0 Å². The standard InChI is InChI=1S/C15H15ClN2S/c1-15(2,10-17)11-3-5-13(6-4-11)18-8-14-7-12(16)9-19-14/h3-7,9,18H,8H2,1-2H3. The topological polar surface area (TPSA) is 35.8 Å². The quantitative estimate of drug-likeness (QED) is 0.876. The number of nitriles is 1. The number of hydrogen-bond acceptors (Lipinski definition) is 3. The maximum absolute atomic E-state index is 9.09. The van der Waals surface area contributed by atoms with Crippen LogP contribution < -0.4 is 5.32 Å². The van der Waals surface area contributed by atoms with Gasteiger partial charge in [0.15, 0.2) is 0 Å². The van der Waals surface area contributed by atoms with Gasteiger partial charge in [0.05, 0.1) is 16.5 Å². The third kappa shape index (κ3) is 3.50. The Morgan fingerprint density at radius 2 is 2.00 bits per heavy atom. The third-order valence-electron chi connectivity index (χ3n) is 2.97. The van der Waals surface area contributed by atoms with E-state index in [1.165, 1.54) is 4.88 Å². The summed E-state index contributed by atoms with van der Waals surface area (Å²) < 4.78 is 0. The minimum absolute atomic E-state index is 0.445. The van der Waals surface area contributed by atoms with Crippen LogP contribution in [0.15, 0.2) is 35.7 Å². The lowest BCUT2D eigenvalue weighted by Gasteiger charge is -2.16. The van der Waals surface area contributed by atoms with Crippen LogP contribution in [0.5, 0.6) is 0 Å². The first-order valence-corrected chi connectivity index (χ1v) is 7.25. The molecular weight excluding hydrogens is 276 g/mol. The van der Waals surface area contributed by atoms with E-state index < -0.39 is 5.41 Å². The molecule has 0 aliphatic rings. The normalized spacial score (nSPS) is 11.1. The molecule has 19 heavy (non-hydrogen) atoms. The molecule has 0 aliphatic carbocycles. The maximum atomic E-state index is 9.09. The molecule has 0 fully saturated rings. The van der Waals surface area contributed by atoms with Crippen LogP contribution in [0.4, 0.5) is 5.69 Å². The van der Waals surface area contributed by atoms with Gasteiger partial charge in [-0.3, -0.25) is 0 Å². The highest BCUT2D eigenvalue weighted by Crippen LogP contribution is 2.24. The minimum Gasteiger partial charge on any atom is -0.380 e. The van der Waals surface area contributed by atoms with Gasteiger partial charge < -0.3 is 5.32 Å². The lowest BCUT2D eigenvalue weighted by atomic mass is 9.86. The fourth-order valence-corrected chi connectivity index (χ4v) is 2.72. The molecule has 0 atom stereocenters. The van der Waals surface area contributed by atoms with Crippen LogP contribution in [0, 0.1) is 11.3 Å². The van der Waals surface area contributed by atoms with Crippen LogP contribution in [-0.4, -0.2) is 0 Å². The second kappa shape index (κ2) is 5.64. The highest BCUT2D eigenvalue weighted by Gasteiger charge is 2.18. The highest BCUT2D eigenvalue weighted by atomic mass is 35.5. The molecule has 2 nitrogen and oxygen atoms in total. The van der Waals surface area contributed by atoms with Crippen molar-refractivity contribution >= 4 is 28.6 Å². The molecule has 0 bridgehead atoms. The first-order chi connectivity index (χ1) is 9.01. The van der Waals surface area contributed by atoms with Crippen LogP contribution >= 0.6 is 22.9 Å². The van der Waals surface area contributed by atoms with Crippen LogP contribution in [0.3, 0.4) is 0 Å². The van der Waals surface area contributed by atoms with Gasteiger partial charge in [0.2, 0.25) is 0 Å². The molecule has 0 unspecified atom stereocenters. The Kier molecular flexibility index (Phi) is 4.14. The minimum atomic E-state index is -0.445. The zero-order chi connectivity index (χ0) is 13.9. The smallest absolute Gasteiger partial charge is 0.0766 e. The van der Waals surface area contributed by atoms with Gasteiger partial charge in [-0.2, -0.15) is 5.26 Å². The molecule has 1 N–H and O–H groups in total. The molecule has 98 valence electrons. The Morgan fingerprint density at radius 3 is 2.53 bits per heavy atom. The van der Waals surface area contributed by atoms with Crippen molar-refractivity contribution in [3.05, 3.63) is 51.2 Å². The predicted octanol–water partition coefficient (Wildman–Crippen LogP) is 4.81. The van der Waals surface area contributed by atoms with Gasteiger partial charge in [-0.15, -0.1) is 11.3 Å². The summed E-state index contributed by atoms with van der Waals surface area (Å²) in [5, 5.41) is 15.1. The van der Waals surface area contributed by atoms with Crippen molar-refractivity contribution in [3.8, 4) is 6.07 Å². The van der Waals surface area contributed by atoms with Crippen molar-refractivity contribution < 1.29 is 0 Å². The Labute approximate surface area is 122 Å². The molecule has 0 aliphatic heterocycles. The van der Waals surface area contributed by atoms with Crippen molar-refractivity contribution in [1.82, 2.24) is 0 Å². The van der Waals surface area contributed by atoms with Crippen LogP contribution in [0.2, 0.25) is 5.02 Å². The van der Waals surface area contributed by atoms with E-state index >= 15 is 0 Å². The van der Waals surface area contributed by atoms with Crippen molar-refractivity contribution in [1.29, 1.82) is 5.26 Å². The SMILES string of the molecule is CC(C)(C#N)c1ccc(NCc2cc(Cl)cs2)cc1. The molecule has 0 saturated carbocycles. The summed E-state index contributed by atoms with van der Waals surface area (Å²) in [5.41, 5.74) is 1.63. The molecule has 2 rings (SSSR count). The van der Waals surface area contributed by atoms with E-state index in [0.717, 1.165) is 22.8 Å². The van der Waals surface area contributed by atoms with Gasteiger partial charge in [0.1, 0.15) is 0 Å². The van der Waals surface area contributed by atoms with E-state index in [4.69, 9.17) is 16.9 Å². The average molecular weight is 291 g/mol. The summed E-state index contributed by atoms with van der Waals surface area (Å²) >= 11 is 7.52. The molecule has 4 heteroatoms. The molecule has 0 spiro atoms. The summed E-state index contributed by atoms with van der Waals surface area (Å²) in [6.45, 7) is 4.60. The maximum Gasteiger partial charge on any atom is 0.0766 e. The van der Waals surface area contributed by atoms with E-state index in [1.54, 1.807) is 11.3 Å². The fraction of sp³-hybridized carbons (Fsp3) is 0.267. The number of anilines is 1. The zero-order valence-electron chi connectivity index (χ0n) is 10.9. The van der Waals surface area contributed by atoms with E-state index in [0.29, 0.717) is 0 Å². The highest BCUT2D eigenvalue weighted by molar-refractivity contribution is 7.10. The number of halogens is 1. The number of hydrogen-bond donors (Lipinski definition) is 1. The monoisotopic (exact) mass is 290 g/mol. The second-order valence-electron chi connectivity index (χ2n) is 4.90. The summed E-state index contributed by atoms with van der Waals surface area (Å²) in [7, 11) is 0. The van der Waals surface area contributed by atoms with Crippen LogP contribution in [0.25, 0.3) is 0 Å². The molecule has 1 heterocycles. The van der Waals surface area contributed by atoms with Crippen LogP contribution in [-0.2, 0) is 12.0 Å². The van der Waals surface area contributed by atoms with Gasteiger partial charge >= 0.3 is 0 Å². The van der Waals surface area contributed by atoms with Gasteiger partial charge in [0, 0.05) is 22.5 Å². The van der Waals surface area contributed by atoms with Gasteiger partial charge in [-0.25, -0.2) is 0 Å². The molecule has 1 aromatic carbocycles. The molecular formula is C15H15ClN2S. The molecule has 2 aromatic rings. The predicted molar refractivity (Wildman–Crippen MR) is 81.7 cm³/mol. The van der Waals surface area contributed by atoms with Crippen molar-refractivity contribution in [2.75, 3.05) is 5.32 Å². The van der Waals surface area contributed by atoms with E-state index in [1.807, 2.05) is 49.6 Å². The largest absolute Gasteiger partial charge is 0.380 e. The van der Waals surface area contributed by atoms with Crippen molar-refractivity contribution in [3.63, 3.8) is 0 Å². The molecule has 0 radical (unpaired) electrons. The average Bonchev–Trinajstić information content (AvgIpc) is 2.83. The number of nitrogens with one attached hydrogen (secondary N) is 1. The summed E-state index contributed by atoms with van der Waals surface area (Å²) in [5.74, 6) is 0. The fourth-order valence-electron chi connectivity index (χ4n) is 1.70. The number of nitrogens with zero attached hydrogens (tertiary/aromatic N) is 1. The lowest BCUT2D eigenvalue weighted by molar-refractivity contribution is 0.687. The first kappa shape index (κ1) is 13.9. The van der Waals surface area contributed by atoms with E-state index in [2.05, 4.69) is 11.4 Å².